The Bertz CT molecular complexity index is 1880. The second-order valence-electron chi connectivity index (χ2n) is 10.4. The van der Waals surface area contributed by atoms with Crippen LogP contribution in [0.3, 0.4) is 0 Å². The maximum absolute atomic E-state index is 12.4. The molecule has 26 nitrogen and oxygen atoms in total. The number of aromatic amines is 1. The van der Waals surface area contributed by atoms with Crippen molar-refractivity contribution in [3.8, 4) is 0 Å². The molecular weight excluding hydrogens is 788 g/mol. The van der Waals surface area contributed by atoms with Crippen LogP contribution >= 0.6 is 43.5 Å². The van der Waals surface area contributed by atoms with Crippen LogP contribution in [0.1, 0.15) is 6.23 Å². The fourth-order valence-electron chi connectivity index (χ4n) is 4.73. The average molecular weight is 816 g/mol. The Labute approximate surface area is 283 Å². The lowest BCUT2D eigenvalue weighted by Gasteiger charge is -2.31. The largest absolute Gasteiger partial charge is 0.490 e. The molecule has 12 atom stereocenters. The summed E-state index contributed by atoms with van der Waals surface area (Å²) in [6.45, 7) is -2.31. The van der Waals surface area contributed by atoms with Gasteiger partial charge in [0.15, 0.2) is 17.1 Å². The van der Waals surface area contributed by atoms with Crippen LogP contribution in [0.2, 0.25) is 0 Å². The summed E-state index contributed by atoms with van der Waals surface area (Å²) in [6, 6.07) is 0. The van der Waals surface area contributed by atoms with Crippen molar-refractivity contribution in [1.29, 1.82) is 0 Å². The molecule has 50 heavy (non-hydrogen) atoms. The molecule has 2 aromatic rings. The van der Waals surface area contributed by atoms with E-state index in [2.05, 4.69) is 42.2 Å². The number of rotatable bonds is 14. The first-order chi connectivity index (χ1) is 23.2. The first-order valence-electron chi connectivity index (χ1n) is 13.6. The molecule has 0 radical (unpaired) electrons. The number of hydrogen-bond acceptors (Lipinski definition) is 20. The van der Waals surface area contributed by atoms with Crippen LogP contribution in [-0.4, -0.2) is 133 Å². The molecule has 10 N–H and O–H groups in total. The van der Waals surface area contributed by atoms with Gasteiger partial charge in [-0.2, -0.15) is 12.9 Å². The highest BCUT2D eigenvalue weighted by Crippen LogP contribution is 2.71. The Morgan fingerprint density at radius 1 is 0.820 bits per heavy atom. The van der Waals surface area contributed by atoms with Gasteiger partial charge in [-0.1, -0.05) is 12.2 Å². The Morgan fingerprint density at radius 3 is 1.88 bits per heavy atom. The molecule has 0 saturated carbocycles. The molecule has 280 valence electrons. The van der Waals surface area contributed by atoms with E-state index < -0.39 is 99.5 Å². The van der Waals surface area contributed by atoms with E-state index in [1.165, 1.54) is 28.3 Å². The Balaban J connectivity index is 1.12. The number of carbonyl (C=O) groups is 1. The predicted molar refractivity (Wildman–Crippen MR) is 158 cm³/mol. The summed E-state index contributed by atoms with van der Waals surface area (Å²) >= 11 is 5.05. The van der Waals surface area contributed by atoms with Gasteiger partial charge in [-0.05, 0) is 0 Å². The average Bonchev–Trinajstić information content (AvgIpc) is 3.64. The number of nitrogens with one attached hydrogen (secondary N) is 2. The van der Waals surface area contributed by atoms with Crippen LogP contribution in [0, 0.1) is 4.64 Å². The van der Waals surface area contributed by atoms with E-state index in [1.54, 1.807) is 0 Å². The van der Waals surface area contributed by atoms with Crippen molar-refractivity contribution in [3.63, 3.8) is 0 Å². The first-order valence-corrected chi connectivity index (χ1v) is 20.0. The molecule has 0 aromatic carbocycles. The fourth-order valence-corrected chi connectivity index (χ4v) is 9.88. The van der Waals surface area contributed by atoms with E-state index in [0.717, 1.165) is 6.08 Å². The molecule has 3 aliphatic rings. The van der Waals surface area contributed by atoms with Crippen LogP contribution in [-0.2, 0) is 54.5 Å². The number of imidazole rings is 1. The Morgan fingerprint density at radius 2 is 1.34 bits per heavy atom. The SMILES string of the molecule is O=C1C=CN([C@H]2O[C@H](COP(=O)(O)OP(=O)(O)OP(=O)(O)OP(=O)(O)OC[C@H]3O[C@H](n4cnc5c(=S)nc[nH]c54)[C@H](O)[C@@H]3O)[C@@H](O)[C@H]2O)CN1. The summed E-state index contributed by atoms with van der Waals surface area (Å²) in [4.78, 5) is 62.5. The lowest BCUT2D eigenvalue weighted by atomic mass is 10.1. The van der Waals surface area contributed by atoms with Gasteiger partial charge in [-0.25, -0.2) is 28.2 Å². The number of nitrogens with zero attached hydrogens (tertiary/aromatic N) is 4. The van der Waals surface area contributed by atoms with Gasteiger partial charge in [0.25, 0.3) is 0 Å². The van der Waals surface area contributed by atoms with Gasteiger partial charge in [0.1, 0.15) is 47.8 Å². The molecule has 31 heteroatoms. The number of hydrogen-bond donors (Lipinski definition) is 10. The van der Waals surface area contributed by atoms with Gasteiger partial charge in [0, 0.05) is 12.3 Å². The molecule has 3 aliphatic heterocycles. The van der Waals surface area contributed by atoms with Crippen molar-refractivity contribution in [2.24, 2.45) is 0 Å². The number of aliphatic hydroxyl groups is 4. The lowest BCUT2D eigenvalue weighted by molar-refractivity contribution is -0.121. The second-order valence-corrected chi connectivity index (χ2v) is 17.0. The Kier molecular flexibility index (Phi) is 11.7. The molecule has 5 heterocycles. The monoisotopic (exact) mass is 816 g/mol. The highest BCUT2D eigenvalue weighted by molar-refractivity contribution is 7.71. The van der Waals surface area contributed by atoms with Crippen LogP contribution in [0.15, 0.2) is 24.9 Å². The van der Waals surface area contributed by atoms with Crippen LogP contribution in [0.5, 0.6) is 0 Å². The molecule has 5 rings (SSSR count). The summed E-state index contributed by atoms with van der Waals surface area (Å²) in [5, 5.41) is 43.7. The van der Waals surface area contributed by atoms with Gasteiger partial charge in [0.05, 0.1) is 32.5 Å². The second kappa shape index (κ2) is 14.9. The van der Waals surface area contributed by atoms with E-state index in [0.29, 0.717) is 0 Å². The number of phosphoric ester groups is 2. The number of ether oxygens (including phenoxy) is 2. The molecule has 0 aliphatic carbocycles. The smallest absolute Gasteiger partial charge is 0.387 e. The fraction of sp³-hybridized carbons (Fsp3) is 0.579. The van der Waals surface area contributed by atoms with E-state index in [9.17, 15) is 63.1 Å². The van der Waals surface area contributed by atoms with E-state index >= 15 is 0 Å². The third-order valence-corrected chi connectivity index (χ3v) is 13.1. The third kappa shape index (κ3) is 9.17. The minimum atomic E-state index is -6.17. The molecular formula is C19H28N6O20P4S. The predicted octanol–water partition coefficient (Wildman–Crippen LogP) is -2.06. The number of fused-ring (bicyclic) bond motifs is 1. The van der Waals surface area contributed by atoms with E-state index in [1.807, 2.05) is 0 Å². The number of H-pyrrole nitrogens is 1. The summed E-state index contributed by atoms with van der Waals surface area (Å²) < 4.78 is 81.9. The third-order valence-electron chi connectivity index (χ3n) is 6.93. The molecule has 2 saturated heterocycles. The van der Waals surface area contributed by atoms with Crippen LogP contribution in [0.25, 0.3) is 11.2 Å². The molecule has 2 fully saturated rings. The van der Waals surface area contributed by atoms with Gasteiger partial charge < -0.3 is 64.7 Å². The standard InChI is InChI=1S/C19H28N6O20P4S/c26-10-1-2-24(6-22-10)18-14(29)12(27)8(41-18)3-39-46(31,32)43-48(35,36)45-49(37,38)44-47(33,34)40-4-9-13(28)15(30)19(42-9)25-7-23-11-16(25)20-5-21-17(11)50/h1-2,5,7-9,12-15,18-19,27-30H,3-4,6H2,(H,22,26)(H,31,32)(H,33,34)(H,35,36)(H,37,38)(H,20,21,50)/t8-,9-,12-,13-,14-,15-,18+,19+/m1/s1. The minimum Gasteiger partial charge on any atom is -0.387 e. The highest BCUT2D eigenvalue weighted by atomic mass is 32.1. The van der Waals surface area contributed by atoms with Crippen molar-refractivity contribution in [2.45, 2.75) is 49.1 Å². The summed E-state index contributed by atoms with van der Waals surface area (Å²) in [5.74, 6) is -0.450. The first kappa shape index (κ1) is 39.3. The zero-order chi connectivity index (χ0) is 36.8. The van der Waals surface area contributed by atoms with Crippen LogP contribution in [0.4, 0.5) is 0 Å². The van der Waals surface area contributed by atoms with Crippen molar-refractivity contribution >= 4 is 60.6 Å². The van der Waals surface area contributed by atoms with Gasteiger partial charge in [-0.15, -0.1) is 0 Å². The molecule has 0 spiro atoms. The van der Waals surface area contributed by atoms with Crippen molar-refractivity contribution in [1.82, 2.24) is 29.7 Å². The summed E-state index contributed by atoms with van der Waals surface area (Å²) in [7, 11) is -23.8. The molecule has 1 amide bonds. The number of aromatic nitrogens is 4. The lowest BCUT2D eigenvalue weighted by Crippen LogP contribution is -2.48. The molecule has 4 unspecified atom stereocenters. The van der Waals surface area contributed by atoms with Crippen molar-refractivity contribution in [3.05, 3.63) is 29.6 Å². The zero-order valence-corrected chi connectivity index (χ0v) is 28.9. The number of aliphatic hydroxyl groups excluding tert-OH is 4. The Hall–Kier alpha value is -1.90. The van der Waals surface area contributed by atoms with Gasteiger partial charge in [-0.3, -0.25) is 18.4 Å². The number of carbonyl (C=O) groups excluding carboxylic acids is 1. The molecule has 0 bridgehead atoms. The normalized spacial score (nSPS) is 33.4. The van der Waals surface area contributed by atoms with Crippen molar-refractivity contribution in [2.75, 3.05) is 19.9 Å². The van der Waals surface area contributed by atoms with E-state index in [-0.39, 0.29) is 22.5 Å². The van der Waals surface area contributed by atoms with Crippen molar-refractivity contribution < 1.29 is 94.5 Å². The van der Waals surface area contributed by atoms with Gasteiger partial charge in [0.2, 0.25) is 5.91 Å². The summed E-state index contributed by atoms with van der Waals surface area (Å²) in [6.07, 6.45) is -7.87. The highest BCUT2D eigenvalue weighted by Gasteiger charge is 2.50. The maximum atomic E-state index is 12.4. The van der Waals surface area contributed by atoms with Crippen LogP contribution < -0.4 is 5.32 Å². The maximum Gasteiger partial charge on any atom is 0.490 e. The van der Waals surface area contributed by atoms with E-state index in [4.69, 9.17) is 21.7 Å². The zero-order valence-electron chi connectivity index (χ0n) is 24.5. The topological polar surface area (TPSA) is 374 Å². The summed E-state index contributed by atoms with van der Waals surface area (Å²) in [5.41, 5.74) is 0.443. The quantitative estimate of drug-likeness (QED) is 0.0724. The minimum absolute atomic E-state index is 0.101. The van der Waals surface area contributed by atoms with Gasteiger partial charge >= 0.3 is 31.3 Å². The number of amides is 1. The number of phosphoric acid groups is 4. The molecule has 2 aromatic heterocycles.